The number of aromatic amines is 1. The molecule has 1 N–H and O–H groups in total. The van der Waals surface area contributed by atoms with E-state index in [2.05, 4.69) is 56.8 Å². The van der Waals surface area contributed by atoms with Crippen LogP contribution in [0.4, 0.5) is 0 Å². The van der Waals surface area contributed by atoms with E-state index in [0.717, 1.165) is 16.2 Å². The quantitative estimate of drug-likeness (QED) is 0.696. The molecule has 0 bridgehead atoms. The predicted molar refractivity (Wildman–Crippen MR) is 79.4 cm³/mol. The highest BCUT2D eigenvalue weighted by Crippen LogP contribution is 2.27. The average Bonchev–Trinajstić information content (AvgIpc) is 2.74. The third-order valence-electron chi connectivity index (χ3n) is 2.40. The zero-order valence-corrected chi connectivity index (χ0v) is 11.8. The normalized spacial score (nSPS) is 10.9. The SMILES string of the molecule is Ic1ccc(Sc2nc3ccccc3[nH]2)cc1. The molecule has 0 amide bonds. The number of fused-ring (bicyclic) bond motifs is 1. The molecular formula is C13H9IN2S. The number of halogens is 1. The zero-order chi connectivity index (χ0) is 11.7. The van der Waals surface area contributed by atoms with Crippen LogP contribution in [0.25, 0.3) is 11.0 Å². The predicted octanol–water partition coefficient (Wildman–Crippen LogP) is 4.32. The third-order valence-corrected chi connectivity index (χ3v) is 4.01. The minimum atomic E-state index is 0.937. The molecule has 0 aliphatic carbocycles. The summed E-state index contributed by atoms with van der Waals surface area (Å²) in [5.41, 5.74) is 2.10. The van der Waals surface area contributed by atoms with Crippen LogP contribution in [0.3, 0.4) is 0 Å². The highest BCUT2D eigenvalue weighted by molar-refractivity contribution is 14.1. The van der Waals surface area contributed by atoms with Gasteiger partial charge in [0.15, 0.2) is 5.16 Å². The Morgan fingerprint density at radius 3 is 2.53 bits per heavy atom. The van der Waals surface area contributed by atoms with Crippen molar-refractivity contribution in [2.24, 2.45) is 0 Å². The minimum absolute atomic E-state index is 0.937. The standard InChI is InChI=1S/C13H9IN2S/c14-9-5-7-10(8-6-9)17-13-15-11-3-1-2-4-12(11)16-13/h1-8H,(H,15,16). The number of hydrogen-bond donors (Lipinski definition) is 1. The topological polar surface area (TPSA) is 28.7 Å². The number of nitrogens with zero attached hydrogens (tertiary/aromatic N) is 1. The van der Waals surface area contributed by atoms with E-state index in [1.54, 1.807) is 11.8 Å². The molecule has 2 aromatic carbocycles. The molecule has 0 atom stereocenters. The molecule has 4 heteroatoms. The molecule has 0 saturated carbocycles. The van der Waals surface area contributed by atoms with E-state index >= 15 is 0 Å². The molecule has 84 valence electrons. The molecule has 1 aromatic heterocycles. The van der Waals surface area contributed by atoms with Gasteiger partial charge in [-0.2, -0.15) is 0 Å². The zero-order valence-electron chi connectivity index (χ0n) is 8.85. The number of para-hydroxylation sites is 2. The number of rotatable bonds is 2. The average molecular weight is 352 g/mol. The number of aromatic nitrogens is 2. The van der Waals surface area contributed by atoms with E-state index in [4.69, 9.17) is 0 Å². The summed E-state index contributed by atoms with van der Waals surface area (Å²) in [6.45, 7) is 0. The summed E-state index contributed by atoms with van der Waals surface area (Å²) in [6.07, 6.45) is 0. The molecule has 0 unspecified atom stereocenters. The number of hydrogen-bond acceptors (Lipinski definition) is 2. The molecule has 3 aromatic rings. The van der Waals surface area contributed by atoms with Crippen LogP contribution in [-0.2, 0) is 0 Å². The van der Waals surface area contributed by atoms with Gasteiger partial charge in [-0.05, 0) is 59.0 Å². The van der Waals surface area contributed by atoms with Crippen LogP contribution in [-0.4, -0.2) is 9.97 Å². The highest BCUT2D eigenvalue weighted by atomic mass is 127. The molecule has 0 fully saturated rings. The van der Waals surface area contributed by atoms with Gasteiger partial charge in [0.1, 0.15) is 0 Å². The van der Waals surface area contributed by atoms with Crippen LogP contribution in [0.5, 0.6) is 0 Å². The van der Waals surface area contributed by atoms with Crippen molar-refractivity contribution in [3.63, 3.8) is 0 Å². The van der Waals surface area contributed by atoms with Crippen molar-refractivity contribution in [3.8, 4) is 0 Å². The Labute approximate surface area is 117 Å². The van der Waals surface area contributed by atoms with E-state index in [9.17, 15) is 0 Å². The maximum absolute atomic E-state index is 4.54. The van der Waals surface area contributed by atoms with Gasteiger partial charge in [0.05, 0.1) is 11.0 Å². The molecule has 3 rings (SSSR count). The number of imidazole rings is 1. The van der Waals surface area contributed by atoms with Crippen LogP contribution in [0.2, 0.25) is 0 Å². The second-order valence-electron chi connectivity index (χ2n) is 3.62. The summed E-state index contributed by atoms with van der Waals surface area (Å²) in [6, 6.07) is 16.5. The van der Waals surface area contributed by atoms with Crippen LogP contribution in [0, 0.1) is 3.57 Å². The summed E-state index contributed by atoms with van der Waals surface area (Å²) >= 11 is 3.96. The molecule has 17 heavy (non-hydrogen) atoms. The highest BCUT2D eigenvalue weighted by Gasteiger charge is 2.03. The lowest BCUT2D eigenvalue weighted by Gasteiger charge is -1.97. The van der Waals surface area contributed by atoms with Gasteiger partial charge in [0.25, 0.3) is 0 Å². The van der Waals surface area contributed by atoms with Crippen molar-refractivity contribution in [3.05, 3.63) is 52.1 Å². The van der Waals surface area contributed by atoms with E-state index in [-0.39, 0.29) is 0 Å². The lowest BCUT2D eigenvalue weighted by Crippen LogP contribution is -1.76. The lowest BCUT2D eigenvalue weighted by molar-refractivity contribution is 1.08. The molecule has 0 spiro atoms. The Bertz CT molecular complexity index is 613. The lowest BCUT2D eigenvalue weighted by atomic mass is 10.3. The Balaban J connectivity index is 1.92. The van der Waals surface area contributed by atoms with Crippen LogP contribution < -0.4 is 0 Å². The first-order valence-electron chi connectivity index (χ1n) is 5.19. The summed E-state index contributed by atoms with van der Waals surface area (Å²) in [7, 11) is 0. The number of benzene rings is 2. The molecule has 0 saturated heterocycles. The Hall–Kier alpha value is -1.01. The second kappa shape index (κ2) is 4.70. The van der Waals surface area contributed by atoms with Crippen LogP contribution in [0.15, 0.2) is 58.6 Å². The summed E-state index contributed by atoms with van der Waals surface area (Å²) in [5.74, 6) is 0. The van der Waals surface area contributed by atoms with Gasteiger partial charge in [-0.3, -0.25) is 0 Å². The summed E-state index contributed by atoms with van der Waals surface area (Å²) in [5, 5.41) is 0.937. The maximum atomic E-state index is 4.54. The summed E-state index contributed by atoms with van der Waals surface area (Å²) in [4.78, 5) is 9.04. The van der Waals surface area contributed by atoms with Gasteiger partial charge < -0.3 is 4.98 Å². The minimum Gasteiger partial charge on any atom is -0.333 e. The smallest absolute Gasteiger partial charge is 0.171 e. The van der Waals surface area contributed by atoms with Gasteiger partial charge in [-0.15, -0.1) is 0 Å². The van der Waals surface area contributed by atoms with Gasteiger partial charge in [-0.1, -0.05) is 23.9 Å². The van der Waals surface area contributed by atoms with E-state index in [1.807, 2.05) is 24.3 Å². The first-order valence-corrected chi connectivity index (χ1v) is 7.09. The van der Waals surface area contributed by atoms with Crippen molar-refractivity contribution in [2.75, 3.05) is 0 Å². The van der Waals surface area contributed by atoms with Crippen molar-refractivity contribution >= 4 is 45.4 Å². The molecule has 1 heterocycles. The Kier molecular flexibility index (Phi) is 3.07. The van der Waals surface area contributed by atoms with Crippen LogP contribution >= 0.6 is 34.4 Å². The van der Waals surface area contributed by atoms with E-state index in [1.165, 1.54) is 8.47 Å². The van der Waals surface area contributed by atoms with E-state index in [0.29, 0.717) is 0 Å². The monoisotopic (exact) mass is 352 g/mol. The van der Waals surface area contributed by atoms with Gasteiger partial charge in [0, 0.05) is 8.47 Å². The third kappa shape index (κ3) is 2.47. The fourth-order valence-corrected chi connectivity index (χ4v) is 2.75. The molecule has 0 aliphatic rings. The molecule has 0 radical (unpaired) electrons. The summed E-state index contributed by atoms with van der Waals surface area (Å²) < 4.78 is 1.25. The largest absolute Gasteiger partial charge is 0.333 e. The first kappa shape index (κ1) is 11.1. The fourth-order valence-electron chi connectivity index (χ4n) is 1.59. The number of nitrogens with one attached hydrogen (secondary N) is 1. The molecule has 0 aliphatic heterocycles. The fraction of sp³-hybridized carbons (Fsp3) is 0. The van der Waals surface area contributed by atoms with Crippen molar-refractivity contribution in [1.29, 1.82) is 0 Å². The van der Waals surface area contributed by atoms with E-state index < -0.39 is 0 Å². The Morgan fingerprint density at radius 1 is 1.00 bits per heavy atom. The van der Waals surface area contributed by atoms with Crippen LogP contribution in [0.1, 0.15) is 0 Å². The van der Waals surface area contributed by atoms with Crippen molar-refractivity contribution < 1.29 is 0 Å². The van der Waals surface area contributed by atoms with Gasteiger partial charge >= 0.3 is 0 Å². The van der Waals surface area contributed by atoms with Crippen molar-refractivity contribution in [2.45, 2.75) is 10.1 Å². The van der Waals surface area contributed by atoms with Gasteiger partial charge in [-0.25, -0.2) is 4.98 Å². The number of H-pyrrole nitrogens is 1. The maximum Gasteiger partial charge on any atom is 0.171 e. The molecule has 2 nitrogen and oxygen atoms in total. The molecular weight excluding hydrogens is 343 g/mol. The van der Waals surface area contributed by atoms with Crippen molar-refractivity contribution in [1.82, 2.24) is 9.97 Å². The first-order chi connectivity index (χ1) is 8.31. The van der Waals surface area contributed by atoms with Gasteiger partial charge in [0.2, 0.25) is 0 Å². The second-order valence-corrected chi connectivity index (χ2v) is 5.92. The Morgan fingerprint density at radius 2 is 1.76 bits per heavy atom.